The third-order valence-corrected chi connectivity index (χ3v) is 5.57. The van der Waals surface area contributed by atoms with E-state index in [1.807, 2.05) is 33.6 Å². The van der Waals surface area contributed by atoms with E-state index in [0.29, 0.717) is 11.7 Å². The number of aryl methyl sites for hydroxylation is 1. The van der Waals surface area contributed by atoms with Crippen molar-refractivity contribution in [2.45, 2.75) is 32.2 Å². The van der Waals surface area contributed by atoms with Gasteiger partial charge in [-0.15, -0.1) is 0 Å². The van der Waals surface area contributed by atoms with Crippen molar-refractivity contribution in [1.82, 2.24) is 29.4 Å². The van der Waals surface area contributed by atoms with Crippen molar-refractivity contribution >= 4 is 11.6 Å². The summed E-state index contributed by atoms with van der Waals surface area (Å²) >= 11 is 0. The number of hydrogen-bond acceptors (Lipinski definition) is 5. The predicted octanol–water partition coefficient (Wildman–Crippen LogP) is 3.39. The van der Waals surface area contributed by atoms with Crippen molar-refractivity contribution < 1.29 is 0 Å². The van der Waals surface area contributed by atoms with E-state index < -0.39 is 0 Å². The Kier molecular flexibility index (Phi) is 4.27. The SMILES string of the molecule is CCn1cc(C2CCN(c3cc(-c4ccccc4)nc4ncnn34)CC2)cn1. The largest absolute Gasteiger partial charge is 0.356 e. The monoisotopic (exact) mass is 373 g/mol. The topological polar surface area (TPSA) is 64.1 Å². The molecule has 4 heterocycles. The average Bonchev–Trinajstić information content (AvgIpc) is 3.43. The summed E-state index contributed by atoms with van der Waals surface area (Å²) in [6, 6.07) is 12.4. The molecule has 1 fully saturated rings. The number of fused-ring (bicyclic) bond motifs is 1. The third kappa shape index (κ3) is 3.02. The zero-order valence-electron chi connectivity index (χ0n) is 15.9. The second-order valence-electron chi connectivity index (χ2n) is 7.23. The lowest BCUT2D eigenvalue weighted by atomic mass is 9.91. The normalized spacial score (nSPS) is 15.4. The first-order valence-electron chi connectivity index (χ1n) is 9.85. The molecule has 5 rings (SSSR count). The highest BCUT2D eigenvalue weighted by Crippen LogP contribution is 2.31. The van der Waals surface area contributed by atoms with Gasteiger partial charge >= 0.3 is 0 Å². The molecule has 1 aliphatic heterocycles. The molecule has 1 aromatic carbocycles. The molecule has 0 unspecified atom stereocenters. The van der Waals surface area contributed by atoms with Crippen molar-refractivity contribution in [3.63, 3.8) is 0 Å². The van der Waals surface area contributed by atoms with E-state index in [0.717, 1.165) is 49.6 Å². The molecular weight excluding hydrogens is 350 g/mol. The highest BCUT2D eigenvalue weighted by atomic mass is 15.4. The number of benzene rings is 1. The Bertz CT molecular complexity index is 1070. The van der Waals surface area contributed by atoms with Gasteiger partial charge in [-0.3, -0.25) is 4.68 Å². The number of nitrogens with zero attached hydrogens (tertiary/aromatic N) is 7. The van der Waals surface area contributed by atoms with Crippen LogP contribution in [0.5, 0.6) is 0 Å². The number of rotatable bonds is 4. The van der Waals surface area contributed by atoms with Gasteiger partial charge in [0, 0.05) is 37.5 Å². The lowest BCUT2D eigenvalue weighted by Crippen LogP contribution is -2.34. The molecule has 0 saturated carbocycles. The van der Waals surface area contributed by atoms with E-state index in [4.69, 9.17) is 0 Å². The van der Waals surface area contributed by atoms with Gasteiger partial charge in [-0.25, -0.2) is 4.98 Å². The van der Waals surface area contributed by atoms with Crippen molar-refractivity contribution in [3.05, 3.63) is 60.7 Å². The van der Waals surface area contributed by atoms with E-state index in [1.165, 1.54) is 5.56 Å². The van der Waals surface area contributed by atoms with Crippen LogP contribution in [0.2, 0.25) is 0 Å². The second kappa shape index (κ2) is 7.07. The number of piperidine rings is 1. The van der Waals surface area contributed by atoms with Crippen LogP contribution in [0, 0.1) is 0 Å². The third-order valence-electron chi connectivity index (χ3n) is 5.57. The molecule has 0 amide bonds. The van der Waals surface area contributed by atoms with Crippen LogP contribution in [-0.2, 0) is 6.54 Å². The Morgan fingerprint density at radius 1 is 1.07 bits per heavy atom. The number of aromatic nitrogens is 6. The van der Waals surface area contributed by atoms with E-state index >= 15 is 0 Å². The van der Waals surface area contributed by atoms with Crippen LogP contribution >= 0.6 is 0 Å². The fourth-order valence-corrected chi connectivity index (χ4v) is 3.98. The molecule has 3 aromatic heterocycles. The molecule has 7 heteroatoms. The Balaban J connectivity index is 1.42. The molecule has 0 radical (unpaired) electrons. The quantitative estimate of drug-likeness (QED) is 0.549. The molecule has 1 saturated heterocycles. The molecule has 4 aromatic rings. The van der Waals surface area contributed by atoms with Gasteiger partial charge in [0.1, 0.15) is 12.1 Å². The molecule has 0 N–H and O–H groups in total. The van der Waals surface area contributed by atoms with Crippen molar-refractivity contribution in [1.29, 1.82) is 0 Å². The average molecular weight is 373 g/mol. The van der Waals surface area contributed by atoms with Crippen LogP contribution in [0.4, 0.5) is 5.82 Å². The van der Waals surface area contributed by atoms with Crippen LogP contribution in [0.25, 0.3) is 17.0 Å². The van der Waals surface area contributed by atoms with Gasteiger partial charge in [-0.1, -0.05) is 30.3 Å². The summed E-state index contributed by atoms with van der Waals surface area (Å²) in [6.45, 7) is 5.00. The van der Waals surface area contributed by atoms with E-state index in [2.05, 4.69) is 56.4 Å². The molecule has 28 heavy (non-hydrogen) atoms. The van der Waals surface area contributed by atoms with Crippen molar-refractivity contribution in [2.24, 2.45) is 0 Å². The van der Waals surface area contributed by atoms with E-state index in [1.54, 1.807) is 6.33 Å². The Labute approximate surface area is 163 Å². The Morgan fingerprint density at radius 3 is 2.64 bits per heavy atom. The van der Waals surface area contributed by atoms with Gasteiger partial charge in [0.25, 0.3) is 5.78 Å². The van der Waals surface area contributed by atoms with Gasteiger partial charge in [0.15, 0.2) is 0 Å². The van der Waals surface area contributed by atoms with Crippen LogP contribution in [0.15, 0.2) is 55.1 Å². The van der Waals surface area contributed by atoms with Gasteiger partial charge in [0.2, 0.25) is 0 Å². The maximum Gasteiger partial charge on any atom is 0.254 e. The number of hydrogen-bond donors (Lipinski definition) is 0. The highest BCUT2D eigenvalue weighted by molar-refractivity contribution is 5.65. The first-order valence-corrected chi connectivity index (χ1v) is 9.85. The Hall–Kier alpha value is -3.22. The molecule has 0 spiro atoms. The summed E-state index contributed by atoms with van der Waals surface area (Å²) in [5.41, 5.74) is 3.38. The van der Waals surface area contributed by atoms with E-state index in [-0.39, 0.29) is 0 Å². The fraction of sp³-hybridized carbons (Fsp3) is 0.333. The zero-order valence-corrected chi connectivity index (χ0v) is 15.9. The summed E-state index contributed by atoms with van der Waals surface area (Å²) in [5.74, 6) is 2.27. The smallest absolute Gasteiger partial charge is 0.254 e. The van der Waals surface area contributed by atoms with E-state index in [9.17, 15) is 0 Å². The minimum absolute atomic E-state index is 0.568. The molecule has 0 atom stereocenters. The molecule has 7 nitrogen and oxygen atoms in total. The molecule has 142 valence electrons. The van der Waals surface area contributed by atoms with Crippen molar-refractivity contribution in [2.75, 3.05) is 18.0 Å². The summed E-state index contributed by atoms with van der Waals surface area (Å²) in [5, 5.41) is 8.85. The van der Waals surface area contributed by atoms with Crippen LogP contribution < -0.4 is 4.90 Å². The number of anilines is 1. The van der Waals surface area contributed by atoms with Crippen molar-refractivity contribution in [3.8, 4) is 11.3 Å². The van der Waals surface area contributed by atoms with Gasteiger partial charge in [0.05, 0.1) is 11.9 Å². The van der Waals surface area contributed by atoms with Crippen LogP contribution in [0.3, 0.4) is 0 Å². The second-order valence-corrected chi connectivity index (χ2v) is 7.23. The molecular formula is C21H23N7. The maximum atomic E-state index is 4.69. The summed E-state index contributed by atoms with van der Waals surface area (Å²) in [7, 11) is 0. The maximum absolute atomic E-state index is 4.69. The predicted molar refractivity (Wildman–Crippen MR) is 108 cm³/mol. The minimum atomic E-state index is 0.568. The summed E-state index contributed by atoms with van der Waals surface area (Å²) < 4.78 is 3.86. The molecule has 1 aliphatic rings. The summed E-state index contributed by atoms with van der Waals surface area (Å²) in [4.78, 5) is 11.4. The minimum Gasteiger partial charge on any atom is -0.356 e. The fourth-order valence-electron chi connectivity index (χ4n) is 3.98. The highest BCUT2D eigenvalue weighted by Gasteiger charge is 2.24. The summed E-state index contributed by atoms with van der Waals surface area (Å²) in [6.07, 6.45) is 8.00. The zero-order chi connectivity index (χ0) is 18.9. The first kappa shape index (κ1) is 16.9. The molecule has 0 aliphatic carbocycles. The standard InChI is InChI=1S/C21H23N7/c1-2-27-14-18(13-23-27)16-8-10-26(11-9-16)20-12-19(17-6-4-3-5-7-17)25-21-22-15-24-28(20)21/h3-7,12-16H,2,8-11H2,1H3. The first-order chi connectivity index (χ1) is 13.8. The van der Waals surface area contributed by atoms with Crippen LogP contribution in [-0.4, -0.2) is 42.5 Å². The van der Waals surface area contributed by atoms with Gasteiger partial charge in [-0.05, 0) is 31.2 Å². The van der Waals surface area contributed by atoms with Crippen LogP contribution in [0.1, 0.15) is 31.2 Å². The van der Waals surface area contributed by atoms with Gasteiger partial charge in [-0.2, -0.15) is 19.7 Å². The lowest BCUT2D eigenvalue weighted by Gasteiger charge is -2.33. The lowest BCUT2D eigenvalue weighted by molar-refractivity contribution is 0.499. The Morgan fingerprint density at radius 2 is 1.89 bits per heavy atom. The molecule has 0 bridgehead atoms. The van der Waals surface area contributed by atoms with Gasteiger partial charge < -0.3 is 4.90 Å².